The van der Waals surface area contributed by atoms with Gasteiger partial charge in [0.25, 0.3) is 11.8 Å². The van der Waals surface area contributed by atoms with Crippen molar-refractivity contribution in [2.75, 3.05) is 11.1 Å². The lowest BCUT2D eigenvalue weighted by Gasteiger charge is -2.49. The average Bonchev–Trinajstić information content (AvgIpc) is 2.64. The number of alkyl halides is 1. The van der Waals surface area contributed by atoms with E-state index in [0.29, 0.717) is 16.5 Å². The van der Waals surface area contributed by atoms with Crippen LogP contribution in [-0.2, 0) is 25.1 Å². The molecule has 1 N–H and O–H groups in total. The van der Waals surface area contributed by atoms with Gasteiger partial charge in [-0.1, -0.05) is 34.1 Å². The summed E-state index contributed by atoms with van der Waals surface area (Å²) in [4.78, 5) is 39.1. The first-order chi connectivity index (χ1) is 13.1. The molecule has 2 amide bonds. The van der Waals surface area contributed by atoms with E-state index in [4.69, 9.17) is 4.74 Å². The molecule has 150 valence electrons. The van der Waals surface area contributed by atoms with Gasteiger partial charge >= 0.3 is 5.97 Å². The highest BCUT2D eigenvalue weighted by Gasteiger charge is 2.57. The zero-order valence-corrected chi connectivity index (χ0v) is 18.1. The molecule has 0 radical (unpaired) electrons. The van der Waals surface area contributed by atoms with E-state index in [0.717, 1.165) is 0 Å². The van der Waals surface area contributed by atoms with Crippen LogP contribution in [0.25, 0.3) is 0 Å². The van der Waals surface area contributed by atoms with E-state index in [1.54, 1.807) is 51.1 Å². The largest absolute Gasteiger partial charge is 0.455 e. The van der Waals surface area contributed by atoms with Crippen LogP contribution in [-0.4, -0.2) is 55.0 Å². The van der Waals surface area contributed by atoms with Crippen molar-refractivity contribution < 1.29 is 23.3 Å². The third kappa shape index (κ3) is 3.91. The Morgan fingerprint density at radius 1 is 1.29 bits per heavy atom. The zero-order valence-electron chi connectivity index (χ0n) is 15.7. The summed E-state index contributed by atoms with van der Waals surface area (Å²) in [7, 11) is -1.45. The molecule has 0 saturated carbocycles. The van der Waals surface area contributed by atoms with Gasteiger partial charge in [0.15, 0.2) is 0 Å². The lowest BCUT2D eigenvalue weighted by Crippen LogP contribution is -2.73. The van der Waals surface area contributed by atoms with Crippen molar-refractivity contribution in [1.82, 2.24) is 10.2 Å². The average molecular weight is 469 g/mol. The molecule has 7 nitrogen and oxygen atoms in total. The fourth-order valence-electron chi connectivity index (χ4n) is 3.08. The molecule has 1 saturated heterocycles. The second-order valence-corrected chi connectivity index (χ2v) is 9.62. The fourth-order valence-corrected chi connectivity index (χ4v) is 5.50. The maximum absolute atomic E-state index is 12.8. The minimum Gasteiger partial charge on any atom is -0.455 e. The quantitative estimate of drug-likeness (QED) is 0.412. The molecule has 0 aromatic heterocycles. The summed E-state index contributed by atoms with van der Waals surface area (Å²) < 4.78 is 18.1. The van der Waals surface area contributed by atoms with Crippen molar-refractivity contribution in [2.45, 2.75) is 37.8 Å². The zero-order chi connectivity index (χ0) is 20.6. The number of hydrogen-bond acceptors (Lipinski definition) is 5. The number of esters is 1. The van der Waals surface area contributed by atoms with Gasteiger partial charge in [0.2, 0.25) is 0 Å². The van der Waals surface area contributed by atoms with Gasteiger partial charge in [0.1, 0.15) is 22.7 Å². The van der Waals surface area contributed by atoms with Crippen LogP contribution in [0.4, 0.5) is 0 Å². The number of β-lactam (4-membered cyclic amide) rings is 1. The second-order valence-electron chi connectivity index (χ2n) is 7.53. The number of ether oxygens (including phenoxy) is 1. The van der Waals surface area contributed by atoms with E-state index < -0.39 is 45.6 Å². The number of rotatable bonds is 4. The Morgan fingerprint density at radius 2 is 1.93 bits per heavy atom. The lowest BCUT2D eigenvalue weighted by atomic mass is 10.0. The highest BCUT2D eigenvalue weighted by atomic mass is 79.9. The van der Waals surface area contributed by atoms with E-state index >= 15 is 0 Å². The number of fused-ring (bicyclic) bond motifs is 1. The van der Waals surface area contributed by atoms with Crippen molar-refractivity contribution in [1.29, 1.82) is 0 Å². The molecule has 0 aliphatic carbocycles. The van der Waals surface area contributed by atoms with Crippen LogP contribution in [0.3, 0.4) is 0 Å². The molecule has 3 rings (SSSR count). The molecule has 0 spiro atoms. The minimum absolute atomic E-state index is 0.117. The second kappa shape index (κ2) is 7.79. The summed E-state index contributed by atoms with van der Waals surface area (Å²) in [6.07, 6.45) is 0. The summed E-state index contributed by atoms with van der Waals surface area (Å²) in [5, 5.41) is 2.15. The van der Waals surface area contributed by atoms with Crippen LogP contribution in [0.2, 0.25) is 0 Å². The van der Waals surface area contributed by atoms with Crippen LogP contribution in [0.1, 0.15) is 31.1 Å². The monoisotopic (exact) mass is 468 g/mol. The van der Waals surface area contributed by atoms with Gasteiger partial charge in [-0.2, -0.15) is 0 Å². The van der Waals surface area contributed by atoms with Crippen LogP contribution < -0.4 is 5.32 Å². The molecule has 9 heteroatoms. The van der Waals surface area contributed by atoms with E-state index in [1.807, 2.05) is 0 Å². The van der Waals surface area contributed by atoms with Crippen molar-refractivity contribution >= 4 is 44.5 Å². The Hall–Kier alpha value is -2.00. The topological polar surface area (TPSA) is 92.8 Å². The van der Waals surface area contributed by atoms with E-state index in [1.165, 1.54) is 4.90 Å². The van der Waals surface area contributed by atoms with Gasteiger partial charge in [-0.3, -0.25) is 18.7 Å². The molecule has 2 aliphatic rings. The molecule has 2 unspecified atom stereocenters. The van der Waals surface area contributed by atoms with Crippen molar-refractivity contribution in [3.63, 3.8) is 0 Å². The lowest BCUT2D eigenvalue weighted by molar-refractivity contribution is -0.158. The predicted octanol–water partition coefficient (Wildman–Crippen LogP) is 1.71. The van der Waals surface area contributed by atoms with E-state index in [9.17, 15) is 18.6 Å². The van der Waals surface area contributed by atoms with Crippen molar-refractivity contribution in [3.05, 3.63) is 47.2 Å². The van der Waals surface area contributed by atoms with Crippen LogP contribution >= 0.6 is 15.9 Å². The van der Waals surface area contributed by atoms with Gasteiger partial charge in [-0.05, 0) is 38.5 Å². The molecule has 1 fully saturated rings. The van der Waals surface area contributed by atoms with Gasteiger partial charge in [-0.15, -0.1) is 0 Å². The van der Waals surface area contributed by atoms with Gasteiger partial charge in [-0.25, -0.2) is 4.79 Å². The number of benzene rings is 1. The van der Waals surface area contributed by atoms with E-state index in [2.05, 4.69) is 21.2 Å². The number of carbonyl (C=O) groups is 3. The fraction of sp³-hybridized carbons (Fsp3) is 0.421. The number of nitrogens with one attached hydrogen (secondary N) is 1. The molecule has 2 heterocycles. The predicted molar refractivity (Wildman–Crippen MR) is 108 cm³/mol. The summed E-state index contributed by atoms with van der Waals surface area (Å²) in [6.45, 7) is 5.20. The molecule has 1 aromatic rings. The first-order valence-electron chi connectivity index (χ1n) is 8.71. The Labute approximate surface area is 174 Å². The molecule has 28 heavy (non-hydrogen) atoms. The standard InChI is InChI=1S/C19H21BrN2O5S/c1-19(2,3)27-18(25)14-12(9-20)10-28(26)17-13(16(24)22(14)17)21-15(23)11-7-5-4-6-8-11/h4-8,13,17H,9-10H2,1-3H3,(H,21,23)/t13?,17-,28?/m1/s1. The maximum atomic E-state index is 12.8. The minimum atomic E-state index is -1.45. The van der Waals surface area contributed by atoms with Crippen molar-refractivity contribution in [3.8, 4) is 0 Å². The first kappa shape index (κ1) is 20.7. The van der Waals surface area contributed by atoms with Crippen molar-refractivity contribution in [2.24, 2.45) is 0 Å². The Bertz CT molecular complexity index is 878. The third-order valence-electron chi connectivity index (χ3n) is 4.28. The molecule has 3 atom stereocenters. The van der Waals surface area contributed by atoms with E-state index in [-0.39, 0.29) is 11.4 Å². The number of carbonyl (C=O) groups excluding carboxylic acids is 3. The number of hydrogen-bond donors (Lipinski definition) is 1. The maximum Gasteiger partial charge on any atom is 0.355 e. The Morgan fingerprint density at radius 3 is 2.50 bits per heavy atom. The smallest absolute Gasteiger partial charge is 0.355 e. The number of amides is 2. The normalized spacial score (nSPS) is 24.4. The molecular weight excluding hydrogens is 448 g/mol. The third-order valence-corrected chi connectivity index (χ3v) is 6.61. The number of nitrogens with zero attached hydrogens (tertiary/aromatic N) is 1. The van der Waals surface area contributed by atoms with Crippen LogP contribution in [0.15, 0.2) is 41.6 Å². The van der Waals surface area contributed by atoms with Gasteiger partial charge in [0, 0.05) is 10.9 Å². The SMILES string of the molecule is CC(C)(C)OC(=O)C1=C(CBr)CS(=O)[C@@H]2C(NC(=O)c3ccccc3)C(=O)N12. The number of halogens is 1. The summed E-state index contributed by atoms with van der Waals surface area (Å²) in [5.41, 5.74) is 0.332. The molecular formula is C19H21BrN2O5S. The van der Waals surface area contributed by atoms with Gasteiger partial charge in [0.05, 0.1) is 16.6 Å². The first-order valence-corrected chi connectivity index (χ1v) is 11.2. The van der Waals surface area contributed by atoms with Crippen LogP contribution in [0, 0.1) is 0 Å². The highest BCUT2D eigenvalue weighted by molar-refractivity contribution is 9.09. The van der Waals surface area contributed by atoms with Gasteiger partial charge < -0.3 is 10.1 Å². The highest BCUT2D eigenvalue weighted by Crippen LogP contribution is 2.36. The molecule has 1 aromatic carbocycles. The Balaban J connectivity index is 1.85. The molecule has 0 bridgehead atoms. The molecule has 2 aliphatic heterocycles. The van der Waals surface area contributed by atoms with Crippen LogP contribution in [0.5, 0.6) is 0 Å². The Kier molecular flexibility index (Phi) is 5.77. The summed E-state index contributed by atoms with van der Waals surface area (Å²) >= 11 is 3.30. The summed E-state index contributed by atoms with van der Waals surface area (Å²) in [6, 6.07) is 7.53. The summed E-state index contributed by atoms with van der Waals surface area (Å²) in [5.74, 6) is -1.40.